The van der Waals surface area contributed by atoms with Gasteiger partial charge >= 0.3 is 0 Å². The normalized spacial score (nSPS) is 12.6. The van der Waals surface area contributed by atoms with Gasteiger partial charge in [-0.2, -0.15) is 0 Å². The molecule has 2 aromatic carbocycles. The van der Waals surface area contributed by atoms with Crippen LogP contribution in [0.5, 0.6) is 0 Å². The van der Waals surface area contributed by atoms with Gasteiger partial charge in [-0.05, 0) is 68.8 Å². The Balaban J connectivity index is 1.84. The molecule has 0 spiro atoms. The number of hydrogen-bond donors (Lipinski definition) is 1. The van der Waals surface area contributed by atoms with Crippen molar-refractivity contribution < 1.29 is 0 Å². The van der Waals surface area contributed by atoms with Gasteiger partial charge in [0.2, 0.25) is 0 Å². The molecule has 112 valence electrons. The zero-order valence-corrected chi connectivity index (χ0v) is 13.5. The average Bonchev–Trinajstić information content (AvgIpc) is 2.48. The predicted octanol–water partition coefficient (Wildman–Crippen LogP) is 4.55. The van der Waals surface area contributed by atoms with E-state index in [2.05, 4.69) is 37.1 Å². The lowest BCUT2D eigenvalue weighted by Gasteiger charge is -2.25. The molecule has 0 aliphatic rings. The number of nitrogens with zero attached hydrogens (tertiary/aromatic N) is 1. The summed E-state index contributed by atoms with van der Waals surface area (Å²) < 4.78 is 0. The van der Waals surface area contributed by atoms with Gasteiger partial charge in [-0.3, -0.25) is 4.90 Å². The van der Waals surface area contributed by atoms with Crippen molar-refractivity contribution in [2.75, 3.05) is 19.3 Å². The Morgan fingerprint density at radius 3 is 2.52 bits per heavy atom. The first kappa shape index (κ1) is 15.9. The molecular formula is C18H23ClN2. The van der Waals surface area contributed by atoms with E-state index >= 15 is 0 Å². The number of nitrogen functional groups attached to an aromatic ring is 1. The maximum atomic E-state index is 6.06. The van der Waals surface area contributed by atoms with E-state index in [1.165, 1.54) is 11.1 Å². The van der Waals surface area contributed by atoms with Gasteiger partial charge in [0.25, 0.3) is 0 Å². The minimum absolute atomic E-state index is 0.370. The van der Waals surface area contributed by atoms with E-state index in [1.54, 1.807) is 0 Å². The molecular weight excluding hydrogens is 280 g/mol. The molecule has 0 saturated carbocycles. The molecule has 0 aliphatic carbocycles. The van der Waals surface area contributed by atoms with Crippen molar-refractivity contribution in [3.05, 3.63) is 64.7 Å². The summed E-state index contributed by atoms with van der Waals surface area (Å²) in [5, 5.41) is 0.801. The maximum Gasteiger partial charge on any atom is 0.0409 e. The highest BCUT2D eigenvalue weighted by Gasteiger charge is 2.11. The first-order valence-corrected chi connectivity index (χ1v) is 7.74. The van der Waals surface area contributed by atoms with Crippen molar-refractivity contribution in [1.29, 1.82) is 0 Å². The molecule has 1 atom stereocenters. The van der Waals surface area contributed by atoms with E-state index in [-0.39, 0.29) is 0 Å². The number of anilines is 1. The summed E-state index contributed by atoms with van der Waals surface area (Å²) in [6, 6.07) is 16.6. The lowest BCUT2D eigenvalue weighted by atomic mass is 10.1. The Morgan fingerprint density at radius 2 is 1.86 bits per heavy atom. The molecule has 0 aliphatic heterocycles. The van der Waals surface area contributed by atoms with Crippen LogP contribution < -0.4 is 5.73 Å². The number of halogens is 1. The third kappa shape index (κ3) is 4.76. The molecule has 0 heterocycles. The van der Waals surface area contributed by atoms with Crippen LogP contribution in [0.2, 0.25) is 5.02 Å². The highest BCUT2D eigenvalue weighted by atomic mass is 35.5. The van der Waals surface area contributed by atoms with E-state index in [0.717, 1.165) is 30.1 Å². The standard InChI is InChI=1S/C18H23ClN2/c1-14(16-6-3-7-17(19)13-16)21(2)12-4-5-15-8-10-18(20)11-9-15/h3,6-11,13-14H,4-5,12,20H2,1-2H3. The molecule has 3 heteroatoms. The van der Waals surface area contributed by atoms with Gasteiger partial charge in [0, 0.05) is 16.8 Å². The second kappa shape index (κ2) is 7.48. The maximum absolute atomic E-state index is 6.06. The summed E-state index contributed by atoms with van der Waals surface area (Å²) in [5.74, 6) is 0. The van der Waals surface area contributed by atoms with E-state index < -0.39 is 0 Å². The second-order valence-corrected chi connectivity index (χ2v) is 5.99. The van der Waals surface area contributed by atoms with Gasteiger partial charge < -0.3 is 5.73 Å². The van der Waals surface area contributed by atoms with Crippen molar-refractivity contribution in [2.45, 2.75) is 25.8 Å². The van der Waals surface area contributed by atoms with Crippen LogP contribution in [0, 0.1) is 0 Å². The van der Waals surface area contributed by atoms with Crippen LogP contribution in [0.1, 0.15) is 30.5 Å². The van der Waals surface area contributed by atoms with E-state index in [0.29, 0.717) is 6.04 Å². The molecule has 21 heavy (non-hydrogen) atoms. The van der Waals surface area contributed by atoms with Gasteiger partial charge in [-0.1, -0.05) is 35.9 Å². The fourth-order valence-electron chi connectivity index (χ4n) is 2.43. The molecule has 0 saturated heterocycles. The molecule has 0 fully saturated rings. The van der Waals surface area contributed by atoms with Gasteiger partial charge in [0.15, 0.2) is 0 Å². The van der Waals surface area contributed by atoms with Crippen LogP contribution in [0.3, 0.4) is 0 Å². The van der Waals surface area contributed by atoms with E-state index in [9.17, 15) is 0 Å². The summed E-state index contributed by atoms with van der Waals surface area (Å²) in [4.78, 5) is 2.36. The van der Waals surface area contributed by atoms with Crippen LogP contribution in [0.4, 0.5) is 5.69 Å². The lowest BCUT2D eigenvalue weighted by molar-refractivity contribution is 0.258. The zero-order valence-electron chi connectivity index (χ0n) is 12.7. The number of rotatable bonds is 6. The van der Waals surface area contributed by atoms with Crippen molar-refractivity contribution in [3.63, 3.8) is 0 Å². The van der Waals surface area contributed by atoms with Gasteiger partial charge in [0.05, 0.1) is 0 Å². The zero-order chi connectivity index (χ0) is 15.2. The van der Waals surface area contributed by atoms with Crippen molar-refractivity contribution in [2.24, 2.45) is 0 Å². The average molecular weight is 303 g/mol. The Kier molecular flexibility index (Phi) is 5.66. The molecule has 2 rings (SSSR count). The topological polar surface area (TPSA) is 29.3 Å². The summed E-state index contributed by atoms with van der Waals surface area (Å²) in [6.07, 6.45) is 2.21. The minimum Gasteiger partial charge on any atom is -0.399 e. The van der Waals surface area contributed by atoms with E-state index in [1.807, 2.05) is 30.3 Å². The number of benzene rings is 2. The Hall–Kier alpha value is -1.51. The molecule has 2 N–H and O–H groups in total. The van der Waals surface area contributed by atoms with Crippen molar-refractivity contribution >= 4 is 17.3 Å². The second-order valence-electron chi connectivity index (χ2n) is 5.56. The smallest absolute Gasteiger partial charge is 0.0409 e. The van der Waals surface area contributed by atoms with Gasteiger partial charge in [0.1, 0.15) is 0 Å². The first-order valence-electron chi connectivity index (χ1n) is 7.36. The molecule has 2 nitrogen and oxygen atoms in total. The molecule has 0 aromatic heterocycles. The van der Waals surface area contributed by atoms with Crippen LogP contribution in [-0.4, -0.2) is 18.5 Å². The Morgan fingerprint density at radius 1 is 1.14 bits per heavy atom. The monoisotopic (exact) mass is 302 g/mol. The third-order valence-corrected chi connectivity index (χ3v) is 4.18. The molecule has 2 aromatic rings. The quantitative estimate of drug-likeness (QED) is 0.793. The first-order chi connectivity index (χ1) is 10.1. The highest BCUT2D eigenvalue weighted by Crippen LogP contribution is 2.22. The third-order valence-electron chi connectivity index (χ3n) is 3.95. The van der Waals surface area contributed by atoms with Crippen LogP contribution >= 0.6 is 11.6 Å². The number of aryl methyl sites for hydroxylation is 1. The molecule has 0 radical (unpaired) electrons. The van der Waals surface area contributed by atoms with Crippen molar-refractivity contribution in [1.82, 2.24) is 4.90 Å². The van der Waals surface area contributed by atoms with Gasteiger partial charge in [-0.25, -0.2) is 0 Å². The van der Waals surface area contributed by atoms with E-state index in [4.69, 9.17) is 17.3 Å². The van der Waals surface area contributed by atoms with Crippen LogP contribution in [0.25, 0.3) is 0 Å². The Bertz CT molecular complexity index is 566. The molecule has 0 amide bonds. The van der Waals surface area contributed by atoms with Crippen molar-refractivity contribution in [3.8, 4) is 0 Å². The van der Waals surface area contributed by atoms with Crippen LogP contribution in [0.15, 0.2) is 48.5 Å². The summed E-state index contributed by atoms with van der Waals surface area (Å²) in [7, 11) is 2.16. The number of hydrogen-bond acceptors (Lipinski definition) is 2. The Labute approximate surface area is 132 Å². The highest BCUT2D eigenvalue weighted by molar-refractivity contribution is 6.30. The fourth-order valence-corrected chi connectivity index (χ4v) is 2.63. The van der Waals surface area contributed by atoms with Gasteiger partial charge in [-0.15, -0.1) is 0 Å². The number of nitrogens with two attached hydrogens (primary N) is 1. The SMILES string of the molecule is CC(c1cccc(Cl)c1)N(C)CCCc1ccc(N)cc1. The lowest BCUT2D eigenvalue weighted by Crippen LogP contribution is -2.23. The predicted molar refractivity (Wildman–Crippen MR) is 91.7 cm³/mol. The van der Waals surface area contributed by atoms with Crippen LogP contribution in [-0.2, 0) is 6.42 Å². The minimum atomic E-state index is 0.370. The summed E-state index contributed by atoms with van der Waals surface area (Å²) in [6.45, 7) is 3.27. The largest absolute Gasteiger partial charge is 0.399 e. The summed E-state index contributed by atoms with van der Waals surface area (Å²) in [5.41, 5.74) is 9.13. The molecule has 0 bridgehead atoms. The fraction of sp³-hybridized carbons (Fsp3) is 0.333. The molecule has 1 unspecified atom stereocenters. The summed E-state index contributed by atoms with van der Waals surface area (Å²) >= 11 is 6.06.